The predicted molar refractivity (Wildman–Crippen MR) is 91.2 cm³/mol. The molecule has 0 heterocycles. The van der Waals surface area contributed by atoms with E-state index in [1.165, 1.54) is 12.1 Å². The number of thiocarbonyl (C=S) groups is 1. The van der Waals surface area contributed by atoms with Crippen LogP contribution in [0.4, 0.5) is 4.39 Å². The van der Waals surface area contributed by atoms with E-state index < -0.39 is 0 Å². The Morgan fingerprint density at radius 3 is 2.65 bits per heavy atom. The zero-order valence-electron chi connectivity index (χ0n) is 12.5. The second-order valence-corrected chi connectivity index (χ2v) is 5.00. The number of methoxy groups -OCH3 is 1. The van der Waals surface area contributed by atoms with E-state index in [4.69, 9.17) is 15.2 Å². The Bertz CT molecular complexity index is 705. The minimum absolute atomic E-state index is 0.0902. The average molecular weight is 333 g/mol. The molecule has 120 valence electrons. The van der Waals surface area contributed by atoms with Crippen LogP contribution in [0, 0.1) is 5.82 Å². The Morgan fingerprint density at radius 2 is 2.00 bits per heavy atom. The molecule has 0 spiro atoms. The summed E-state index contributed by atoms with van der Waals surface area (Å²) in [6.07, 6.45) is 1.56. The lowest BCUT2D eigenvalue weighted by atomic mass is 10.2. The molecule has 0 aliphatic heterocycles. The maximum atomic E-state index is 12.9. The number of hydrogen-bond donors (Lipinski definition) is 2. The van der Waals surface area contributed by atoms with Gasteiger partial charge < -0.3 is 15.2 Å². The Morgan fingerprint density at radius 1 is 1.26 bits per heavy atom. The Hall–Kier alpha value is -2.67. The minimum atomic E-state index is -0.277. The fourth-order valence-corrected chi connectivity index (χ4v) is 1.85. The standard InChI is InChI=1S/C16H16FN3O2S/c1-21-15-8-12(9-19-20-16(18)23)4-7-14(15)22-10-11-2-5-13(17)6-3-11/h2-9H,10H2,1H3,(H3,18,20,23)/b19-9+. The van der Waals surface area contributed by atoms with Gasteiger partial charge in [-0.15, -0.1) is 0 Å². The molecule has 0 aliphatic rings. The molecule has 0 atom stereocenters. The van der Waals surface area contributed by atoms with Crippen molar-refractivity contribution >= 4 is 23.5 Å². The molecule has 0 saturated carbocycles. The molecule has 0 aliphatic carbocycles. The van der Waals surface area contributed by atoms with Gasteiger partial charge in [0.15, 0.2) is 16.6 Å². The van der Waals surface area contributed by atoms with Gasteiger partial charge in [0.1, 0.15) is 12.4 Å². The number of nitrogens with two attached hydrogens (primary N) is 1. The van der Waals surface area contributed by atoms with Crippen molar-refractivity contribution < 1.29 is 13.9 Å². The molecule has 0 radical (unpaired) electrons. The van der Waals surface area contributed by atoms with Gasteiger partial charge in [0.2, 0.25) is 0 Å². The Labute approximate surface area is 138 Å². The summed E-state index contributed by atoms with van der Waals surface area (Å²) in [5.74, 6) is 0.864. The fraction of sp³-hybridized carbons (Fsp3) is 0.125. The molecular weight excluding hydrogens is 317 g/mol. The van der Waals surface area contributed by atoms with Gasteiger partial charge in [0.05, 0.1) is 13.3 Å². The highest BCUT2D eigenvalue weighted by Crippen LogP contribution is 2.28. The number of hydrazone groups is 1. The van der Waals surface area contributed by atoms with Crippen LogP contribution in [-0.2, 0) is 6.61 Å². The molecule has 0 fully saturated rings. The highest BCUT2D eigenvalue weighted by Gasteiger charge is 2.06. The molecule has 0 bridgehead atoms. The van der Waals surface area contributed by atoms with Crippen LogP contribution >= 0.6 is 12.2 Å². The van der Waals surface area contributed by atoms with Crippen molar-refractivity contribution in [3.63, 3.8) is 0 Å². The van der Waals surface area contributed by atoms with Crippen molar-refractivity contribution in [3.8, 4) is 11.5 Å². The number of halogens is 1. The number of hydrogen-bond acceptors (Lipinski definition) is 4. The Kier molecular flexibility index (Phi) is 5.87. The monoisotopic (exact) mass is 333 g/mol. The largest absolute Gasteiger partial charge is 0.493 e. The fourth-order valence-electron chi connectivity index (χ4n) is 1.80. The van der Waals surface area contributed by atoms with Crippen LogP contribution in [0.2, 0.25) is 0 Å². The number of nitrogens with zero attached hydrogens (tertiary/aromatic N) is 1. The maximum absolute atomic E-state index is 12.9. The predicted octanol–water partition coefficient (Wildman–Crippen LogP) is 2.58. The third kappa shape index (κ3) is 5.23. The summed E-state index contributed by atoms with van der Waals surface area (Å²) in [4.78, 5) is 0. The van der Waals surface area contributed by atoms with E-state index >= 15 is 0 Å². The third-order valence-corrected chi connectivity index (χ3v) is 2.97. The average Bonchev–Trinajstić information content (AvgIpc) is 2.54. The van der Waals surface area contributed by atoms with Crippen LogP contribution in [0.3, 0.4) is 0 Å². The first-order valence-corrected chi connectivity index (χ1v) is 7.13. The van der Waals surface area contributed by atoms with Crippen LogP contribution in [-0.4, -0.2) is 18.4 Å². The van der Waals surface area contributed by atoms with Crippen molar-refractivity contribution in [1.29, 1.82) is 0 Å². The van der Waals surface area contributed by atoms with Gasteiger partial charge in [-0.05, 0) is 53.7 Å². The molecule has 0 saturated heterocycles. The highest BCUT2D eigenvalue weighted by molar-refractivity contribution is 7.80. The molecule has 2 aromatic carbocycles. The van der Waals surface area contributed by atoms with Crippen molar-refractivity contribution in [3.05, 3.63) is 59.4 Å². The quantitative estimate of drug-likeness (QED) is 0.483. The van der Waals surface area contributed by atoms with Gasteiger partial charge >= 0.3 is 0 Å². The van der Waals surface area contributed by atoms with Crippen LogP contribution in [0.1, 0.15) is 11.1 Å². The molecule has 0 unspecified atom stereocenters. The van der Waals surface area contributed by atoms with E-state index in [0.717, 1.165) is 11.1 Å². The molecule has 5 nitrogen and oxygen atoms in total. The van der Waals surface area contributed by atoms with Crippen molar-refractivity contribution in [2.45, 2.75) is 6.61 Å². The topological polar surface area (TPSA) is 68.9 Å². The first kappa shape index (κ1) is 16.7. The number of benzene rings is 2. The SMILES string of the molecule is COc1cc(/C=N/NC(N)=S)ccc1OCc1ccc(F)cc1. The molecule has 0 aromatic heterocycles. The van der Waals surface area contributed by atoms with Gasteiger partial charge in [0.25, 0.3) is 0 Å². The normalized spacial score (nSPS) is 10.5. The van der Waals surface area contributed by atoms with E-state index in [0.29, 0.717) is 18.1 Å². The maximum Gasteiger partial charge on any atom is 0.184 e. The van der Waals surface area contributed by atoms with Crippen LogP contribution < -0.4 is 20.6 Å². The molecule has 3 N–H and O–H groups in total. The van der Waals surface area contributed by atoms with Gasteiger partial charge in [-0.1, -0.05) is 12.1 Å². The number of ether oxygens (including phenoxy) is 2. The molecule has 2 aromatic rings. The molecule has 7 heteroatoms. The van der Waals surface area contributed by atoms with Crippen molar-refractivity contribution in [2.75, 3.05) is 7.11 Å². The number of nitrogens with one attached hydrogen (secondary N) is 1. The van der Waals surface area contributed by atoms with Crippen LogP contribution in [0.15, 0.2) is 47.6 Å². The van der Waals surface area contributed by atoms with Crippen LogP contribution in [0.25, 0.3) is 0 Å². The van der Waals surface area contributed by atoms with Gasteiger partial charge in [-0.2, -0.15) is 5.10 Å². The van der Waals surface area contributed by atoms with Crippen LogP contribution in [0.5, 0.6) is 11.5 Å². The summed E-state index contributed by atoms with van der Waals surface area (Å²) in [7, 11) is 1.55. The minimum Gasteiger partial charge on any atom is -0.493 e. The zero-order valence-corrected chi connectivity index (χ0v) is 13.3. The third-order valence-electron chi connectivity index (χ3n) is 2.88. The first-order valence-electron chi connectivity index (χ1n) is 6.72. The summed E-state index contributed by atoms with van der Waals surface area (Å²) in [5, 5.41) is 3.97. The summed E-state index contributed by atoms with van der Waals surface area (Å²) in [5.41, 5.74) is 9.40. The molecule has 23 heavy (non-hydrogen) atoms. The smallest absolute Gasteiger partial charge is 0.184 e. The summed E-state index contributed by atoms with van der Waals surface area (Å²) < 4.78 is 23.9. The van der Waals surface area contributed by atoms with E-state index in [2.05, 4.69) is 22.7 Å². The van der Waals surface area contributed by atoms with Gasteiger partial charge in [-0.25, -0.2) is 4.39 Å². The second kappa shape index (κ2) is 8.09. The second-order valence-electron chi connectivity index (χ2n) is 4.56. The lowest BCUT2D eigenvalue weighted by Crippen LogP contribution is -2.23. The van der Waals surface area contributed by atoms with Crippen molar-refractivity contribution in [2.24, 2.45) is 10.8 Å². The zero-order chi connectivity index (χ0) is 16.7. The van der Waals surface area contributed by atoms with E-state index in [1.54, 1.807) is 37.6 Å². The van der Waals surface area contributed by atoms with E-state index in [1.807, 2.05) is 6.07 Å². The van der Waals surface area contributed by atoms with Gasteiger partial charge in [-0.3, -0.25) is 5.43 Å². The van der Waals surface area contributed by atoms with E-state index in [9.17, 15) is 4.39 Å². The first-order chi connectivity index (χ1) is 11.1. The summed E-state index contributed by atoms with van der Waals surface area (Å²) >= 11 is 4.65. The molecule has 2 rings (SSSR count). The highest BCUT2D eigenvalue weighted by atomic mass is 32.1. The molecular formula is C16H16FN3O2S. The lowest BCUT2D eigenvalue weighted by Gasteiger charge is -2.11. The number of rotatable bonds is 6. The van der Waals surface area contributed by atoms with Gasteiger partial charge in [0, 0.05) is 0 Å². The van der Waals surface area contributed by atoms with E-state index in [-0.39, 0.29) is 10.9 Å². The summed E-state index contributed by atoms with van der Waals surface area (Å²) in [6.45, 7) is 0.313. The molecule has 0 amide bonds. The lowest BCUT2D eigenvalue weighted by molar-refractivity contribution is 0.284. The Balaban J connectivity index is 2.05. The summed E-state index contributed by atoms with van der Waals surface area (Å²) in [6, 6.07) is 11.5. The van der Waals surface area contributed by atoms with Crippen molar-refractivity contribution in [1.82, 2.24) is 5.43 Å².